The number of halogens is 1. The Morgan fingerprint density at radius 2 is 2.04 bits per heavy atom. The number of hydrogen-bond acceptors (Lipinski definition) is 2. The molecule has 3 aromatic rings. The Balaban J connectivity index is 1.83. The van der Waals surface area contributed by atoms with Crippen LogP contribution >= 0.6 is 15.9 Å². The van der Waals surface area contributed by atoms with Crippen LogP contribution in [0.4, 0.5) is 5.69 Å². The average molecular weight is 397 g/mol. The van der Waals surface area contributed by atoms with Crippen LogP contribution in [-0.2, 0) is 13.0 Å². The molecule has 0 bridgehead atoms. The van der Waals surface area contributed by atoms with Gasteiger partial charge in [-0.1, -0.05) is 28.1 Å². The van der Waals surface area contributed by atoms with Gasteiger partial charge in [-0.2, -0.15) is 0 Å². The molecule has 1 aliphatic rings. The third-order valence-electron chi connectivity index (χ3n) is 4.93. The molecule has 126 valence electrons. The highest BCUT2D eigenvalue weighted by molar-refractivity contribution is 9.10. The number of amides is 1. The molecular formula is C20H17BrN2O2. The van der Waals surface area contributed by atoms with E-state index in [0.29, 0.717) is 5.39 Å². The number of carbonyl (C=O) groups is 1. The van der Waals surface area contributed by atoms with E-state index in [1.807, 2.05) is 42.7 Å². The zero-order valence-electron chi connectivity index (χ0n) is 14.0. The molecule has 0 fully saturated rings. The van der Waals surface area contributed by atoms with Gasteiger partial charge in [0.2, 0.25) is 5.43 Å². The summed E-state index contributed by atoms with van der Waals surface area (Å²) in [6, 6.07) is 9.59. The van der Waals surface area contributed by atoms with Crippen molar-refractivity contribution < 1.29 is 4.79 Å². The van der Waals surface area contributed by atoms with Crippen molar-refractivity contribution in [2.24, 2.45) is 0 Å². The van der Waals surface area contributed by atoms with Gasteiger partial charge in [-0.15, -0.1) is 0 Å². The molecule has 0 radical (unpaired) electrons. The first-order valence-electron chi connectivity index (χ1n) is 8.19. The van der Waals surface area contributed by atoms with E-state index in [1.165, 1.54) is 0 Å². The second-order valence-corrected chi connectivity index (χ2v) is 7.39. The molecule has 4 rings (SSSR count). The minimum Gasteiger partial charge on any atom is -0.346 e. The third-order valence-corrected chi connectivity index (χ3v) is 5.39. The maximum Gasteiger partial charge on any atom is 0.261 e. The fourth-order valence-corrected chi connectivity index (χ4v) is 3.94. The molecule has 0 aliphatic carbocycles. The first-order chi connectivity index (χ1) is 12.0. The number of carbonyl (C=O) groups excluding carboxylic acids is 1. The van der Waals surface area contributed by atoms with E-state index in [-0.39, 0.29) is 16.9 Å². The molecule has 1 amide bonds. The quantitative estimate of drug-likeness (QED) is 0.705. The van der Waals surface area contributed by atoms with E-state index in [0.717, 1.165) is 45.3 Å². The van der Waals surface area contributed by atoms with Gasteiger partial charge >= 0.3 is 0 Å². The standard InChI is InChI=1S/C20H17BrN2O2/c1-11-4-3-5-17(12(11)2)22-20(25)16-10-23-7-6-13-8-14(21)9-15(18(13)23)19(16)24/h3-5,8-10H,6-7H2,1-2H3,(H,22,25). The minimum absolute atomic E-state index is 0.180. The van der Waals surface area contributed by atoms with E-state index < -0.39 is 0 Å². The number of pyridine rings is 1. The molecule has 0 saturated carbocycles. The number of anilines is 1. The van der Waals surface area contributed by atoms with Crippen LogP contribution in [0.3, 0.4) is 0 Å². The lowest BCUT2D eigenvalue weighted by Crippen LogP contribution is -2.23. The molecule has 0 atom stereocenters. The second kappa shape index (κ2) is 5.85. The Bertz CT molecular complexity index is 1100. The summed E-state index contributed by atoms with van der Waals surface area (Å²) in [6.07, 6.45) is 2.56. The normalized spacial score (nSPS) is 12.6. The molecule has 2 heterocycles. The Kier molecular flexibility index (Phi) is 3.76. The van der Waals surface area contributed by atoms with Crippen LogP contribution in [0.5, 0.6) is 0 Å². The number of nitrogens with one attached hydrogen (secondary N) is 1. The van der Waals surface area contributed by atoms with E-state index in [4.69, 9.17) is 0 Å². The first-order valence-corrected chi connectivity index (χ1v) is 8.98. The summed E-state index contributed by atoms with van der Waals surface area (Å²) in [7, 11) is 0. The molecule has 4 nitrogen and oxygen atoms in total. The molecule has 5 heteroatoms. The molecule has 25 heavy (non-hydrogen) atoms. The van der Waals surface area contributed by atoms with Crippen molar-refractivity contribution in [2.75, 3.05) is 5.32 Å². The summed E-state index contributed by atoms with van der Waals surface area (Å²) in [5.41, 5.74) is 4.88. The van der Waals surface area contributed by atoms with Crippen molar-refractivity contribution in [3.05, 3.63) is 73.5 Å². The lowest BCUT2D eigenvalue weighted by Gasteiger charge is -2.12. The fraction of sp³-hybridized carbons (Fsp3) is 0.200. The Morgan fingerprint density at radius 1 is 1.24 bits per heavy atom. The molecule has 1 aromatic heterocycles. The molecule has 1 aliphatic heterocycles. The smallest absolute Gasteiger partial charge is 0.261 e. The molecule has 2 aromatic carbocycles. The summed E-state index contributed by atoms with van der Waals surface area (Å²) in [4.78, 5) is 25.7. The number of rotatable bonds is 2. The second-order valence-electron chi connectivity index (χ2n) is 6.48. The largest absolute Gasteiger partial charge is 0.346 e. The summed E-state index contributed by atoms with van der Waals surface area (Å²) in [6.45, 7) is 4.74. The average Bonchev–Trinajstić information content (AvgIpc) is 2.98. The zero-order chi connectivity index (χ0) is 17.7. The van der Waals surface area contributed by atoms with Gasteiger partial charge in [0.1, 0.15) is 5.56 Å². The van der Waals surface area contributed by atoms with Crippen molar-refractivity contribution >= 4 is 38.4 Å². The van der Waals surface area contributed by atoms with Crippen LogP contribution in [-0.4, -0.2) is 10.5 Å². The van der Waals surface area contributed by atoms with Crippen LogP contribution in [0.25, 0.3) is 10.9 Å². The summed E-state index contributed by atoms with van der Waals surface area (Å²) in [5.74, 6) is -0.363. The Hall–Kier alpha value is -2.40. The van der Waals surface area contributed by atoms with Gasteiger partial charge in [-0.3, -0.25) is 9.59 Å². The summed E-state index contributed by atoms with van der Waals surface area (Å²) in [5, 5.41) is 3.48. The molecular weight excluding hydrogens is 380 g/mol. The van der Waals surface area contributed by atoms with Gasteiger partial charge in [-0.05, 0) is 55.2 Å². The lowest BCUT2D eigenvalue weighted by molar-refractivity contribution is 0.102. The van der Waals surface area contributed by atoms with E-state index in [2.05, 4.69) is 21.2 Å². The fourth-order valence-electron chi connectivity index (χ4n) is 3.44. The van der Waals surface area contributed by atoms with Gasteiger partial charge in [-0.25, -0.2) is 0 Å². The molecule has 0 saturated heterocycles. The van der Waals surface area contributed by atoms with Gasteiger partial charge in [0.15, 0.2) is 0 Å². The van der Waals surface area contributed by atoms with E-state index in [9.17, 15) is 9.59 Å². The number of benzene rings is 2. The SMILES string of the molecule is Cc1cccc(NC(=O)c2cn3c4c(cc(Br)cc4c2=O)CC3)c1C. The van der Waals surface area contributed by atoms with Crippen LogP contribution < -0.4 is 10.7 Å². The highest BCUT2D eigenvalue weighted by atomic mass is 79.9. The van der Waals surface area contributed by atoms with Crippen LogP contribution in [0.15, 0.2) is 45.8 Å². The maximum atomic E-state index is 12.9. The van der Waals surface area contributed by atoms with E-state index >= 15 is 0 Å². The van der Waals surface area contributed by atoms with Crippen LogP contribution in [0.2, 0.25) is 0 Å². The third kappa shape index (κ3) is 2.59. The highest BCUT2D eigenvalue weighted by Gasteiger charge is 2.21. The number of hydrogen-bond donors (Lipinski definition) is 1. The summed E-state index contributed by atoms with van der Waals surface area (Å²) < 4.78 is 2.88. The topological polar surface area (TPSA) is 51.1 Å². The van der Waals surface area contributed by atoms with E-state index in [1.54, 1.807) is 12.3 Å². The van der Waals surface area contributed by atoms with Crippen molar-refractivity contribution in [3.63, 3.8) is 0 Å². The monoisotopic (exact) mass is 396 g/mol. The number of nitrogens with zero attached hydrogens (tertiary/aromatic N) is 1. The molecule has 0 unspecified atom stereocenters. The number of aryl methyl sites for hydroxylation is 3. The zero-order valence-corrected chi connectivity index (χ0v) is 15.6. The lowest BCUT2D eigenvalue weighted by atomic mass is 10.1. The first kappa shape index (κ1) is 16.1. The highest BCUT2D eigenvalue weighted by Crippen LogP contribution is 2.28. The maximum absolute atomic E-state index is 12.9. The molecule has 0 spiro atoms. The Labute approximate surface area is 153 Å². The van der Waals surface area contributed by atoms with Crippen LogP contribution in [0, 0.1) is 13.8 Å². The predicted octanol–water partition coefficient (Wildman–Crippen LogP) is 4.19. The van der Waals surface area contributed by atoms with Crippen molar-refractivity contribution in [1.29, 1.82) is 0 Å². The van der Waals surface area contributed by atoms with Gasteiger partial charge in [0.05, 0.1) is 5.52 Å². The van der Waals surface area contributed by atoms with Gasteiger partial charge < -0.3 is 9.88 Å². The Morgan fingerprint density at radius 3 is 2.84 bits per heavy atom. The minimum atomic E-state index is -0.363. The molecule has 1 N–H and O–H groups in total. The van der Waals surface area contributed by atoms with Crippen LogP contribution in [0.1, 0.15) is 27.0 Å². The van der Waals surface area contributed by atoms with Crippen molar-refractivity contribution in [3.8, 4) is 0 Å². The van der Waals surface area contributed by atoms with Crippen molar-refractivity contribution in [2.45, 2.75) is 26.8 Å². The summed E-state index contributed by atoms with van der Waals surface area (Å²) >= 11 is 3.47. The predicted molar refractivity (Wildman–Crippen MR) is 103 cm³/mol. The number of aromatic nitrogens is 1. The van der Waals surface area contributed by atoms with Gasteiger partial charge in [0.25, 0.3) is 5.91 Å². The van der Waals surface area contributed by atoms with Crippen molar-refractivity contribution in [1.82, 2.24) is 4.57 Å². The van der Waals surface area contributed by atoms with Gasteiger partial charge in [0, 0.05) is 28.3 Å².